The average molecular weight is 469 g/mol. The normalized spacial score (nSPS) is 18.7. The topological polar surface area (TPSA) is 66.5 Å². The van der Waals surface area contributed by atoms with Gasteiger partial charge in [0.25, 0.3) is 0 Å². The Bertz CT molecular complexity index is 983. The van der Waals surface area contributed by atoms with Crippen molar-refractivity contribution in [1.82, 2.24) is 9.62 Å². The van der Waals surface area contributed by atoms with Crippen molar-refractivity contribution in [2.24, 2.45) is 5.92 Å². The summed E-state index contributed by atoms with van der Waals surface area (Å²) in [6.07, 6.45) is 2.98. The number of amides is 1. The molecule has 1 fully saturated rings. The Kier molecular flexibility index (Phi) is 7.80. The van der Waals surface area contributed by atoms with Gasteiger partial charge in [0.1, 0.15) is 4.90 Å². The summed E-state index contributed by atoms with van der Waals surface area (Å²) in [6.45, 7) is 2.48. The van der Waals surface area contributed by atoms with Crippen LogP contribution in [0.25, 0.3) is 0 Å². The SMILES string of the molecule is C[C@H](CCc1ccccc1)NC(=O)[C@H]1CCCN(S(=O)(=O)c2cc(Cl)ccc2Cl)C1. The van der Waals surface area contributed by atoms with E-state index in [1.165, 1.54) is 22.0 Å². The standard InChI is InChI=1S/C22H26Cl2N2O3S/c1-16(9-10-17-6-3-2-4-7-17)25-22(27)18-8-5-13-26(15-18)30(28,29)21-14-19(23)11-12-20(21)24/h2-4,6-7,11-12,14,16,18H,5,8-10,13,15H2,1H3,(H,25,27)/t16-,18+/m1/s1. The molecule has 162 valence electrons. The molecule has 1 saturated heterocycles. The predicted octanol–water partition coefficient (Wildman–Crippen LogP) is 4.53. The molecule has 5 nitrogen and oxygen atoms in total. The van der Waals surface area contributed by atoms with Gasteiger partial charge in [-0.3, -0.25) is 4.79 Å². The van der Waals surface area contributed by atoms with Gasteiger partial charge in [0, 0.05) is 24.2 Å². The fourth-order valence-electron chi connectivity index (χ4n) is 3.65. The molecule has 0 saturated carbocycles. The minimum atomic E-state index is -3.82. The molecule has 2 aromatic rings. The van der Waals surface area contributed by atoms with Crippen LogP contribution in [0.3, 0.4) is 0 Å². The molecule has 0 radical (unpaired) electrons. The number of carbonyl (C=O) groups is 1. The minimum absolute atomic E-state index is 0.00654. The van der Waals surface area contributed by atoms with Crippen molar-refractivity contribution < 1.29 is 13.2 Å². The summed E-state index contributed by atoms with van der Waals surface area (Å²) in [7, 11) is -3.82. The lowest BCUT2D eigenvalue weighted by molar-refractivity contribution is -0.126. The molecule has 0 aliphatic carbocycles. The molecule has 3 rings (SSSR count). The summed E-state index contributed by atoms with van der Waals surface area (Å²) in [5.74, 6) is -0.488. The first-order valence-corrected chi connectivity index (χ1v) is 12.3. The smallest absolute Gasteiger partial charge is 0.244 e. The number of nitrogens with zero attached hydrogens (tertiary/aromatic N) is 1. The van der Waals surface area contributed by atoms with Crippen LogP contribution in [0.15, 0.2) is 53.4 Å². The zero-order valence-corrected chi connectivity index (χ0v) is 19.2. The molecule has 8 heteroatoms. The van der Waals surface area contributed by atoms with Gasteiger partial charge >= 0.3 is 0 Å². The maximum absolute atomic E-state index is 13.1. The van der Waals surface area contributed by atoms with E-state index in [1.807, 2.05) is 25.1 Å². The molecule has 1 N–H and O–H groups in total. The molecule has 1 amide bonds. The number of carbonyl (C=O) groups excluding carboxylic acids is 1. The number of rotatable bonds is 7. The van der Waals surface area contributed by atoms with Crippen LogP contribution in [0.1, 0.15) is 31.7 Å². The first kappa shape index (κ1) is 23.1. The van der Waals surface area contributed by atoms with E-state index in [0.29, 0.717) is 24.4 Å². The first-order chi connectivity index (χ1) is 14.3. The van der Waals surface area contributed by atoms with Crippen LogP contribution in [0, 0.1) is 5.92 Å². The summed E-state index contributed by atoms with van der Waals surface area (Å²) in [4.78, 5) is 12.8. The molecule has 30 heavy (non-hydrogen) atoms. The van der Waals surface area contributed by atoms with Gasteiger partial charge in [-0.15, -0.1) is 0 Å². The monoisotopic (exact) mass is 468 g/mol. The lowest BCUT2D eigenvalue weighted by Crippen LogP contribution is -2.47. The van der Waals surface area contributed by atoms with E-state index >= 15 is 0 Å². The number of piperidine rings is 1. The summed E-state index contributed by atoms with van der Waals surface area (Å²) in [6, 6.07) is 14.5. The largest absolute Gasteiger partial charge is 0.353 e. The Morgan fingerprint density at radius 3 is 2.67 bits per heavy atom. The molecule has 1 aliphatic rings. The van der Waals surface area contributed by atoms with Gasteiger partial charge in [-0.2, -0.15) is 4.31 Å². The Labute approximate surface area is 188 Å². The summed E-state index contributed by atoms with van der Waals surface area (Å²) in [5, 5.41) is 3.47. The molecule has 0 aromatic heterocycles. The second-order valence-electron chi connectivity index (χ2n) is 7.71. The van der Waals surface area contributed by atoms with Crippen LogP contribution in [-0.4, -0.2) is 37.8 Å². The molecule has 2 aromatic carbocycles. The molecular weight excluding hydrogens is 443 g/mol. The van der Waals surface area contributed by atoms with Crippen LogP contribution in [0.5, 0.6) is 0 Å². The van der Waals surface area contributed by atoms with Crippen molar-refractivity contribution in [3.63, 3.8) is 0 Å². The number of sulfonamides is 1. The third-order valence-electron chi connectivity index (χ3n) is 5.36. The van der Waals surface area contributed by atoms with Crippen LogP contribution in [0.2, 0.25) is 10.0 Å². The summed E-state index contributed by atoms with van der Waals surface area (Å²) in [5.41, 5.74) is 1.23. The third kappa shape index (κ3) is 5.76. The molecule has 0 unspecified atom stereocenters. The highest BCUT2D eigenvalue weighted by molar-refractivity contribution is 7.89. The Morgan fingerprint density at radius 1 is 1.20 bits per heavy atom. The van der Waals surface area contributed by atoms with Gasteiger partial charge in [0.05, 0.1) is 10.9 Å². The van der Waals surface area contributed by atoms with Crippen molar-refractivity contribution in [2.75, 3.05) is 13.1 Å². The maximum atomic E-state index is 13.1. The van der Waals surface area contributed by atoms with E-state index in [2.05, 4.69) is 17.4 Å². The van der Waals surface area contributed by atoms with E-state index in [9.17, 15) is 13.2 Å². The van der Waals surface area contributed by atoms with Crippen molar-refractivity contribution in [3.8, 4) is 0 Å². The number of hydrogen-bond donors (Lipinski definition) is 1. The molecule has 1 aliphatic heterocycles. The van der Waals surface area contributed by atoms with Crippen molar-refractivity contribution in [2.45, 2.75) is 43.5 Å². The van der Waals surface area contributed by atoms with Crippen LogP contribution < -0.4 is 5.32 Å². The number of hydrogen-bond acceptors (Lipinski definition) is 3. The number of halogens is 2. The lowest BCUT2D eigenvalue weighted by Gasteiger charge is -2.32. The quantitative estimate of drug-likeness (QED) is 0.648. The summed E-state index contributed by atoms with van der Waals surface area (Å²) < 4.78 is 27.5. The van der Waals surface area contributed by atoms with E-state index < -0.39 is 10.0 Å². The Hall–Kier alpha value is -1.60. The van der Waals surface area contributed by atoms with Gasteiger partial charge in [0.2, 0.25) is 15.9 Å². The third-order valence-corrected chi connectivity index (χ3v) is 7.95. The fourth-order valence-corrected chi connectivity index (χ4v) is 5.91. The van der Waals surface area contributed by atoms with Crippen molar-refractivity contribution >= 4 is 39.1 Å². The van der Waals surface area contributed by atoms with Crippen LogP contribution >= 0.6 is 23.2 Å². The fraction of sp³-hybridized carbons (Fsp3) is 0.409. The van der Waals surface area contributed by atoms with Gasteiger partial charge in [-0.1, -0.05) is 53.5 Å². The predicted molar refractivity (Wildman–Crippen MR) is 120 cm³/mol. The van der Waals surface area contributed by atoms with Gasteiger partial charge in [-0.25, -0.2) is 8.42 Å². The van der Waals surface area contributed by atoms with E-state index in [-0.39, 0.29) is 34.3 Å². The number of nitrogens with one attached hydrogen (secondary N) is 1. The van der Waals surface area contributed by atoms with Crippen LogP contribution in [-0.2, 0) is 21.2 Å². The lowest BCUT2D eigenvalue weighted by atomic mass is 9.98. The van der Waals surface area contributed by atoms with Crippen LogP contribution in [0.4, 0.5) is 0 Å². The highest BCUT2D eigenvalue weighted by atomic mass is 35.5. The Morgan fingerprint density at radius 2 is 1.93 bits per heavy atom. The van der Waals surface area contributed by atoms with E-state index in [1.54, 1.807) is 6.07 Å². The molecular formula is C22H26Cl2N2O3S. The minimum Gasteiger partial charge on any atom is -0.353 e. The highest BCUT2D eigenvalue weighted by Gasteiger charge is 2.34. The zero-order chi connectivity index (χ0) is 21.7. The molecule has 1 heterocycles. The van der Waals surface area contributed by atoms with Gasteiger partial charge in [0.15, 0.2) is 0 Å². The number of aryl methyl sites for hydroxylation is 1. The van der Waals surface area contributed by atoms with E-state index in [0.717, 1.165) is 12.8 Å². The molecule has 0 bridgehead atoms. The Balaban J connectivity index is 1.61. The first-order valence-electron chi connectivity index (χ1n) is 10.1. The van der Waals surface area contributed by atoms with Crippen molar-refractivity contribution in [3.05, 3.63) is 64.1 Å². The molecule has 2 atom stereocenters. The highest BCUT2D eigenvalue weighted by Crippen LogP contribution is 2.30. The number of benzene rings is 2. The van der Waals surface area contributed by atoms with Crippen molar-refractivity contribution in [1.29, 1.82) is 0 Å². The van der Waals surface area contributed by atoms with E-state index in [4.69, 9.17) is 23.2 Å². The summed E-state index contributed by atoms with van der Waals surface area (Å²) >= 11 is 12.1. The van der Waals surface area contributed by atoms with Gasteiger partial charge in [-0.05, 0) is 56.4 Å². The average Bonchev–Trinajstić information content (AvgIpc) is 2.74. The van der Waals surface area contributed by atoms with Gasteiger partial charge < -0.3 is 5.32 Å². The zero-order valence-electron chi connectivity index (χ0n) is 16.9. The maximum Gasteiger partial charge on any atom is 0.244 e. The second kappa shape index (κ2) is 10.1. The molecule has 0 spiro atoms. The second-order valence-corrected chi connectivity index (χ2v) is 10.5.